The molecule has 1 fully saturated rings. The van der Waals surface area contributed by atoms with Gasteiger partial charge in [-0.2, -0.15) is 0 Å². The van der Waals surface area contributed by atoms with Gasteiger partial charge in [-0.05, 0) is 35.1 Å². The third kappa shape index (κ3) is 10.2. The van der Waals surface area contributed by atoms with Gasteiger partial charge >= 0.3 is 0 Å². The molecule has 1 aliphatic heterocycles. The zero-order valence-electron chi connectivity index (χ0n) is 24.2. The second-order valence-corrected chi connectivity index (χ2v) is 10.2. The lowest BCUT2D eigenvalue weighted by molar-refractivity contribution is -0.323. The van der Waals surface area contributed by atoms with E-state index in [1.807, 2.05) is 91.0 Å². The summed E-state index contributed by atoms with van der Waals surface area (Å²) in [4.78, 5) is 2.80. The predicted molar refractivity (Wildman–Crippen MR) is 159 cm³/mol. The van der Waals surface area contributed by atoms with Crippen molar-refractivity contribution in [1.82, 2.24) is 0 Å². The summed E-state index contributed by atoms with van der Waals surface area (Å²) in [7, 11) is 1.62. The first-order chi connectivity index (χ1) is 20.8. The van der Waals surface area contributed by atoms with E-state index >= 15 is 0 Å². The highest BCUT2D eigenvalue weighted by molar-refractivity contribution is 5.15. The van der Waals surface area contributed by atoms with Crippen LogP contribution in [0.25, 0.3) is 10.4 Å². The highest BCUT2D eigenvalue weighted by Gasteiger charge is 2.48. The number of rotatable bonds is 18. The average molecular weight is 576 g/mol. The SMILES string of the molecule is CO[C@@H]1O[C@H](COCCCCCN=[N+]=[N-])[C@@H](OCc2ccccc2)[C@H](OCc2ccccc2)[C@H]1OCc1ccccc1. The fourth-order valence-electron chi connectivity index (χ4n) is 4.88. The third-order valence-electron chi connectivity index (χ3n) is 7.07. The Hall–Kier alpha value is -3.27. The van der Waals surface area contributed by atoms with Gasteiger partial charge in [-0.1, -0.05) is 103 Å². The lowest BCUT2D eigenvalue weighted by Crippen LogP contribution is -2.61. The first-order valence-corrected chi connectivity index (χ1v) is 14.5. The van der Waals surface area contributed by atoms with E-state index in [0.29, 0.717) is 39.6 Å². The molecule has 1 saturated heterocycles. The van der Waals surface area contributed by atoms with Gasteiger partial charge in [-0.3, -0.25) is 0 Å². The Bertz CT molecular complexity index is 1180. The Labute approximate surface area is 248 Å². The molecule has 5 atom stereocenters. The summed E-state index contributed by atoms with van der Waals surface area (Å²) < 4.78 is 38.0. The van der Waals surface area contributed by atoms with Crippen LogP contribution in [0.15, 0.2) is 96.1 Å². The molecule has 9 nitrogen and oxygen atoms in total. The first kappa shape index (κ1) is 31.7. The number of azide groups is 1. The van der Waals surface area contributed by atoms with Crippen molar-refractivity contribution in [2.45, 2.75) is 69.8 Å². The molecule has 4 rings (SSSR count). The van der Waals surface area contributed by atoms with Crippen molar-refractivity contribution in [2.75, 3.05) is 26.9 Å². The van der Waals surface area contributed by atoms with Crippen molar-refractivity contribution >= 4 is 0 Å². The number of unbranched alkanes of at least 4 members (excludes halogenated alkanes) is 2. The minimum atomic E-state index is -0.677. The molecule has 0 N–H and O–H groups in total. The van der Waals surface area contributed by atoms with Crippen LogP contribution >= 0.6 is 0 Å². The fraction of sp³-hybridized carbons (Fsp3) is 0.455. The van der Waals surface area contributed by atoms with Crippen molar-refractivity contribution in [3.63, 3.8) is 0 Å². The summed E-state index contributed by atoms with van der Waals surface area (Å²) in [5, 5.41) is 3.59. The van der Waals surface area contributed by atoms with Crippen LogP contribution in [-0.4, -0.2) is 57.6 Å². The van der Waals surface area contributed by atoms with E-state index in [1.54, 1.807) is 7.11 Å². The van der Waals surface area contributed by atoms with Gasteiger partial charge in [0, 0.05) is 25.2 Å². The highest BCUT2D eigenvalue weighted by atomic mass is 16.7. The fourth-order valence-corrected chi connectivity index (χ4v) is 4.88. The maximum atomic E-state index is 8.45. The van der Waals surface area contributed by atoms with Crippen molar-refractivity contribution < 1.29 is 28.4 Å². The molecule has 3 aromatic carbocycles. The maximum absolute atomic E-state index is 8.45. The molecule has 9 heteroatoms. The molecule has 0 spiro atoms. The molecule has 3 aromatic rings. The minimum absolute atomic E-state index is 0.312. The quantitative estimate of drug-likeness (QED) is 0.0732. The van der Waals surface area contributed by atoms with Gasteiger partial charge in [0.15, 0.2) is 6.29 Å². The van der Waals surface area contributed by atoms with Crippen LogP contribution in [0.1, 0.15) is 36.0 Å². The molecule has 42 heavy (non-hydrogen) atoms. The van der Waals surface area contributed by atoms with E-state index in [2.05, 4.69) is 10.0 Å². The van der Waals surface area contributed by atoms with E-state index in [9.17, 15) is 0 Å². The van der Waals surface area contributed by atoms with Gasteiger partial charge in [-0.25, -0.2) is 0 Å². The number of methoxy groups -OCH3 is 1. The summed E-state index contributed by atoms with van der Waals surface area (Å²) in [6.07, 6.45) is -0.0397. The number of benzene rings is 3. The van der Waals surface area contributed by atoms with Crippen LogP contribution in [-0.2, 0) is 48.2 Å². The van der Waals surface area contributed by atoms with E-state index in [-0.39, 0.29) is 0 Å². The van der Waals surface area contributed by atoms with Gasteiger partial charge in [0.1, 0.15) is 24.4 Å². The second-order valence-electron chi connectivity index (χ2n) is 10.2. The van der Waals surface area contributed by atoms with E-state index in [0.717, 1.165) is 36.0 Å². The van der Waals surface area contributed by atoms with Crippen LogP contribution < -0.4 is 0 Å². The minimum Gasteiger partial charge on any atom is -0.379 e. The van der Waals surface area contributed by atoms with Crippen LogP contribution in [0.2, 0.25) is 0 Å². The molecule has 224 valence electrons. The largest absolute Gasteiger partial charge is 0.379 e. The molecular weight excluding hydrogens is 534 g/mol. The Morgan fingerprint density at radius 1 is 0.690 bits per heavy atom. The number of ether oxygens (including phenoxy) is 6. The lowest BCUT2D eigenvalue weighted by atomic mass is 9.97. The number of hydrogen-bond donors (Lipinski definition) is 0. The van der Waals surface area contributed by atoms with Crippen molar-refractivity contribution in [2.24, 2.45) is 5.11 Å². The summed E-state index contributed by atoms with van der Waals surface area (Å²) in [6.45, 7) is 2.52. The molecular formula is C33H41N3O6. The summed E-state index contributed by atoms with van der Waals surface area (Å²) in [6, 6.07) is 30.1. The summed E-state index contributed by atoms with van der Waals surface area (Å²) in [5.41, 5.74) is 11.6. The molecule has 1 heterocycles. The zero-order chi connectivity index (χ0) is 29.2. The zero-order valence-corrected chi connectivity index (χ0v) is 24.2. The van der Waals surface area contributed by atoms with Gasteiger partial charge in [0.25, 0.3) is 0 Å². The monoisotopic (exact) mass is 575 g/mol. The van der Waals surface area contributed by atoms with E-state index < -0.39 is 30.7 Å². The predicted octanol–water partition coefficient (Wildman–Crippen LogP) is 6.61. The van der Waals surface area contributed by atoms with Crippen LogP contribution in [0.3, 0.4) is 0 Å². The topological polar surface area (TPSA) is 104 Å². The second kappa shape index (κ2) is 18.3. The highest BCUT2D eigenvalue weighted by Crippen LogP contribution is 2.31. The van der Waals surface area contributed by atoms with Crippen molar-refractivity contribution in [1.29, 1.82) is 0 Å². The molecule has 0 radical (unpaired) electrons. The van der Waals surface area contributed by atoms with Gasteiger partial charge in [0.05, 0.1) is 26.4 Å². The summed E-state index contributed by atoms with van der Waals surface area (Å²) >= 11 is 0. The van der Waals surface area contributed by atoms with Gasteiger partial charge in [0.2, 0.25) is 0 Å². The van der Waals surface area contributed by atoms with E-state index in [1.165, 1.54) is 0 Å². The van der Waals surface area contributed by atoms with Crippen molar-refractivity contribution in [3.05, 3.63) is 118 Å². The van der Waals surface area contributed by atoms with E-state index in [4.69, 9.17) is 34.0 Å². The first-order valence-electron chi connectivity index (χ1n) is 14.5. The van der Waals surface area contributed by atoms with Gasteiger partial charge in [-0.15, -0.1) is 0 Å². The Morgan fingerprint density at radius 3 is 1.74 bits per heavy atom. The molecule has 1 aliphatic rings. The molecule has 0 amide bonds. The smallest absolute Gasteiger partial charge is 0.186 e. The molecule has 0 bridgehead atoms. The Morgan fingerprint density at radius 2 is 1.21 bits per heavy atom. The Kier molecular flexibility index (Phi) is 13.8. The standard InChI is InChI=1S/C33H41N3O6/c1-37-33-32(41-24-28-18-10-4-11-19-28)31(40-23-27-16-8-3-9-17-27)30(39-22-26-14-6-2-7-15-26)29(42-33)25-38-21-13-5-12-20-35-36-34/h2-4,6-11,14-19,29-33H,5,12-13,20-25H2,1H3/t29-,30-,31+,32-,33-/m1/s1. The average Bonchev–Trinajstić information content (AvgIpc) is 3.04. The Balaban J connectivity index is 1.51. The number of hydrogen-bond acceptors (Lipinski definition) is 7. The summed E-state index contributed by atoms with van der Waals surface area (Å²) in [5.74, 6) is 0. The van der Waals surface area contributed by atoms with Crippen LogP contribution in [0.5, 0.6) is 0 Å². The third-order valence-corrected chi connectivity index (χ3v) is 7.07. The maximum Gasteiger partial charge on any atom is 0.186 e. The van der Waals surface area contributed by atoms with Crippen molar-refractivity contribution in [3.8, 4) is 0 Å². The lowest BCUT2D eigenvalue weighted by Gasteiger charge is -2.45. The van der Waals surface area contributed by atoms with Crippen LogP contribution in [0.4, 0.5) is 0 Å². The molecule has 0 unspecified atom stereocenters. The molecule has 0 saturated carbocycles. The molecule has 0 aliphatic carbocycles. The van der Waals surface area contributed by atoms with Crippen LogP contribution in [0, 0.1) is 0 Å². The normalized spacial score (nSPS) is 22.0. The van der Waals surface area contributed by atoms with Gasteiger partial charge < -0.3 is 28.4 Å². The molecule has 0 aromatic heterocycles. The number of nitrogens with zero attached hydrogens (tertiary/aromatic N) is 3.